The first-order valence-corrected chi connectivity index (χ1v) is 11.7. The monoisotopic (exact) mass is 529 g/mol. The molecule has 176 valence electrons. The summed E-state index contributed by atoms with van der Waals surface area (Å²) >= 11 is 13.9. The van der Waals surface area contributed by atoms with Gasteiger partial charge in [0.25, 0.3) is 11.6 Å². The Bertz CT molecular complexity index is 1180. The second-order valence-corrected chi connectivity index (χ2v) is 9.34. The molecule has 4 rings (SSSR count). The van der Waals surface area contributed by atoms with E-state index in [9.17, 15) is 14.9 Å². The van der Waals surface area contributed by atoms with E-state index in [0.717, 1.165) is 52.1 Å². The van der Waals surface area contributed by atoms with Crippen molar-refractivity contribution in [3.05, 3.63) is 61.6 Å². The van der Waals surface area contributed by atoms with E-state index in [-0.39, 0.29) is 28.7 Å². The number of non-ortho nitro benzene ring substituents is 1. The first kappa shape index (κ1) is 25.5. The van der Waals surface area contributed by atoms with Crippen LogP contribution in [0.5, 0.6) is 0 Å². The number of thiazole rings is 1. The Balaban J connectivity index is 0.00000306. The van der Waals surface area contributed by atoms with Gasteiger partial charge in [-0.3, -0.25) is 19.8 Å². The molecule has 0 aliphatic carbocycles. The molecule has 0 unspecified atom stereocenters. The smallest absolute Gasteiger partial charge is 0.270 e. The lowest BCUT2D eigenvalue weighted by Gasteiger charge is -2.34. The minimum absolute atomic E-state index is 0. The van der Waals surface area contributed by atoms with Crippen LogP contribution in [0.4, 0.5) is 10.8 Å². The molecule has 3 aromatic rings. The molecule has 12 heteroatoms. The number of hydrogen-bond donors (Lipinski definition) is 1. The third kappa shape index (κ3) is 5.67. The fourth-order valence-electron chi connectivity index (χ4n) is 3.61. The highest BCUT2D eigenvalue weighted by molar-refractivity contribution is 7.22. The number of nitrogens with zero attached hydrogens (tertiary/aromatic N) is 4. The van der Waals surface area contributed by atoms with Gasteiger partial charge in [-0.1, -0.05) is 34.5 Å². The van der Waals surface area contributed by atoms with E-state index in [1.165, 1.54) is 18.2 Å². The number of hydrogen-bond acceptors (Lipinski definition) is 7. The van der Waals surface area contributed by atoms with Crippen LogP contribution in [0.1, 0.15) is 15.9 Å². The molecule has 1 amide bonds. The Labute approximate surface area is 211 Å². The molecule has 2 heterocycles. The summed E-state index contributed by atoms with van der Waals surface area (Å²) in [5.41, 5.74) is 1.91. The predicted molar refractivity (Wildman–Crippen MR) is 136 cm³/mol. The van der Waals surface area contributed by atoms with E-state index in [0.29, 0.717) is 13.1 Å². The van der Waals surface area contributed by atoms with Crippen molar-refractivity contribution in [1.29, 1.82) is 0 Å². The van der Waals surface area contributed by atoms with Crippen molar-refractivity contribution >= 4 is 73.9 Å². The van der Waals surface area contributed by atoms with Crippen LogP contribution in [0.15, 0.2) is 30.3 Å². The molecule has 1 aliphatic rings. The molecule has 0 atom stereocenters. The number of nitro groups is 1. The zero-order valence-corrected chi connectivity index (χ0v) is 20.9. The predicted octanol–water partition coefficient (Wildman–Crippen LogP) is 4.79. The van der Waals surface area contributed by atoms with Gasteiger partial charge in [-0.2, -0.15) is 0 Å². The number of fused-ring (bicyclic) bond motifs is 1. The molecular weight excluding hydrogens is 509 g/mol. The van der Waals surface area contributed by atoms with E-state index < -0.39 is 10.8 Å². The lowest BCUT2D eigenvalue weighted by molar-refractivity contribution is -0.384. The summed E-state index contributed by atoms with van der Waals surface area (Å²) in [6, 6.07) is 7.77. The molecule has 2 aromatic carbocycles. The minimum atomic E-state index is -0.548. The molecule has 0 saturated carbocycles. The number of aryl methyl sites for hydroxylation is 1. The van der Waals surface area contributed by atoms with Crippen molar-refractivity contribution in [2.24, 2.45) is 0 Å². The van der Waals surface area contributed by atoms with Crippen LogP contribution < -0.4 is 10.2 Å². The molecule has 0 spiro atoms. The molecule has 1 aromatic heterocycles. The summed E-state index contributed by atoms with van der Waals surface area (Å²) in [7, 11) is 0. The van der Waals surface area contributed by atoms with Crippen molar-refractivity contribution in [1.82, 2.24) is 15.2 Å². The normalized spacial score (nSPS) is 14.2. The highest BCUT2D eigenvalue weighted by Gasteiger charge is 2.21. The maximum atomic E-state index is 12.4. The second kappa shape index (κ2) is 10.8. The van der Waals surface area contributed by atoms with Gasteiger partial charge < -0.3 is 10.2 Å². The van der Waals surface area contributed by atoms with E-state index in [2.05, 4.69) is 15.1 Å². The van der Waals surface area contributed by atoms with Crippen molar-refractivity contribution < 1.29 is 9.72 Å². The summed E-state index contributed by atoms with van der Waals surface area (Å²) < 4.78 is 1.13. The number of nitro benzene ring substituents is 1. The number of halogens is 3. The van der Waals surface area contributed by atoms with E-state index in [1.807, 2.05) is 19.1 Å². The minimum Gasteiger partial charge on any atom is -0.351 e. The Morgan fingerprint density at radius 1 is 1.18 bits per heavy atom. The largest absolute Gasteiger partial charge is 0.351 e. The van der Waals surface area contributed by atoms with Gasteiger partial charge in [-0.25, -0.2) is 4.98 Å². The summed E-state index contributed by atoms with van der Waals surface area (Å²) in [5, 5.41) is 15.6. The van der Waals surface area contributed by atoms with Gasteiger partial charge in [0.15, 0.2) is 5.13 Å². The van der Waals surface area contributed by atoms with Gasteiger partial charge in [0, 0.05) is 56.4 Å². The molecule has 33 heavy (non-hydrogen) atoms. The third-order valence-electron chi connectivity index (χ3n) is 5.50. The number of amides is 1. The summed E-state index contributed by atoms with van der Waals surface area (Å²) in [6.07, 6.45) is 0. The summed E-state index contributed by atoms with van der Waals surface area (Å²) in [5.74, 6) is -0.416. The van der Waals surface area contributed by atoms with Crippen molar-refractivity contribution in [2.75, 3.05) is 44.2 Å². The van der Waals surface area contributed by atoms with Gasteiger partial charge >= 0.3 is 0 Å². The standard InChI is InChI=1S/C21H21Cl2N5O3S.ClH/c1-13-16(22)4-5-18-19(13)25-21(32-18)27-10-8-26(9-11-27)7-6-24-20(29)15-12-14(28(30)31)2-3-17(15)23;/h2-5,12H,6-11H2,1H3,(H,24,29);1H. The van der Waals surface area contributed by atoms with E-state index in [4.69, 9.17) is 28.2 Å². The lowest BCUT2D eigenvalue weighted by atomic mass is 10.2. The Morgan fingerprint density at radius 2 is 1.88 bits per heavy atom. The van der Waals surface area contributed by atoms with Gasteiger partial charge in [-0.15, -0.1) is 12.4 Å². The van der Waals surface area contributed by atoms with Crippen LogP contribution in [0.25, 0.3) is 10.2 Å². The molecule has 1 fully saturated rings. The quantitative estimate of drug-likeness (QED) is 0.364. The molecule has 0 bridgehead atoms. The number of piperazine rings is 1. The van der Waals surface area contributed by atoms with Gasteiger partial charge in [0.1, 0.15) is 0 Å². The number of nitrogens with one attached hydrogen (secondary N) is 1. The van der Waals surface area contributed by atoms with Crippen molar-refractivity contribution in [3.8, 4) is 0 Å². The molecule has 1 saturated heterocycles. The maximum Gasteiger partial charge on any atom is 0.270 e. The highest BCUT2D eigenvalue weighted by atomic mass is 35.5. The molecular formula is C21H22Cl3N5O3S. The number of carbonyl (C=O) groups is 1. The Kier molecular flexibility index (Phi) is 8.36. The van der Waals surface area contributed by atoms with Crippen LogP contribution in [-0.2, 0) is 0 Å². The zero-order chi connectivity index (χ0) is 22.8. The molecule has 1 N–H and O–H groups in total. The average Bonchev–Trinajstić information content (AvgIpc) is 3.22. The average molecular weight is 531 g/mol. The van der Waals surface area contributed by atoms with Crippen LogP contribution >= 0.6 is 46.9 Å². The second-order valence-electron chi connectivity index (χ2n) is 7.52. The number of anilines is 1. The molecule has 8 nitrogen and oxygen atoms in total. The third-order valence-corrected chi connectivity index (χ3v) is 7.32. The SMILES string of the molecule is Cc1c(Cl)ccc2sc(N3CCN(CCNC(=O)c4cc([N+](=O)[O-])ccc4Cl)CC3)nc12.Cl. The van der Waals surface area contributed by atoms with E-state index >= 15 is 0 Å². The summed E-state index contributed by atoms with van der Waals surface area (Å²) in [6.45, 7) is 6.49. The number of benzene rings is 2. The first-order chi connectivity index (χ1) is 15.3. The Hall–Kier alpha value is -2.17. The number of carbonyl (C=O) groups excluding carboxylic acids is 1. The fraction of sp³-hybridized carbons (Fsp3) is 0.333. The van der Waals surface area contributed by atoms with Crippen LogP contribution in [-0.4, -0.2) is 60.0 Å². The number of rotatable bonds is 6. The van der Waals surface area contributed by atoms with Gasteiger partial charge in [0.2, 0.25) is 0 Å². The molecule has 0 radical (unpaired) electrons. The lowest BCUT2D eigenvalue weighted by Crippen LogP contribution is -2.48. The van der Waals surface area contributed by atoms with Crippen molar-refractivity contribution in [3.63, 3.8) is 0 Å². The Morgan fingerprint density at radius 3 is 2.58 bits per heavy atom. The number of aromatic nitrogens is 1. The van der Waals surface area contributed by atoms with Gasteiger partial charge in [-0.05, 0) is 30.7 Å². The summed E-state index contributed by atoms with van der Waals surface area (Å²) in [4.78, 5) is 32.1. The maximum absolute atomic E-state index is 12.4. The van der Waals surface area contributed by atoms with E-state index in [1.54, 1.807) is 11.3 Å². The fourth-order valence-corrected chi connectivity index (χ4v) is 5.04. The highest BCUT2D eigenvalue weighted by Crippen LogP contribution is 2.33. The van der Waals surface area contributed by atoms with Gasteiger partial charge in [0.05, 0.1) is 25.7 Å². The van der Waals surface area contributed by atoms with Crippen molar-refractivity contribution in [2.45, 2.75) is 6.92 Å². The first-order valence-electron chi connectivity index (χ1n) is 10.1. The van der Waals surface area contributed by atoms with Crippen LogP contribution in [0.3, 0.4) is 0 Å². The van der Waals surface area contributed by atoms with Crippen LogP contribution in [0.2, 0.25) is 10.0 Å². The van der Waals surface area contributed by atoms with Crippen LogP contribution in [0, 0.1) is 17.0 Å². The zero-order valence-electron chi connectivity index (χ0n) is 17.7. The molecule has 1 aliphatic heterocycles. The topological polar surface area (TPSA) is 91.6 Å².